The van der Waals surface area contributed by atoms with Crippen LogP contribution in [0.15, 0.2) is 36.4 Å². The zero-order valence-corrected chi connectivity index (χ0v) is 19.9. The van der Waals surface area contributed by atoms with Crippen LogP contribution in [-0.4, -0.2) is 62.2 Å². The molecular weight excluding hydrogens is 446 g/mol. The van der Waals surface area contributed by atoms with Gasteiger partial charge in [0.15, 0.2) is 11.5 Å². The molecule has 8 heteroatoms. The molecule has 32 heavy (non-hydrogen) atoms. The van der Waals surface area contributed by atoms with Crippen LogP contribution in [0.3, 0.4) is 0 Å². The maximum absolute atomic E-state index is 10.3. The minimum Gasteiger partial charge on any atom is -0.508 e. The summed E-state index contributed by atoms with van der Waals surface area (Å²) in [6.45, 7) is 6.27. The molecule has 0 unspecified atom stereocenters. The van der Waals surface area contributed by atoms with E-state index in [1.54, 1.807) is 36.0 Å². The Labute approximate surface area is 198 Å². The highest BCUT2D eigenvalue weighted by molar-refractivity contribution is 8.22. The Morgan fingerprint density at radius 3 is 2.38 bits per heavy atom. The molecule has 1 fully saturated rings. The van der Waals surface area contributed by atoms with Gasteiger partial charge in [-0.3, -0.25) is 0 Å². The fourth-order valence-electron chi connectivity index (χ4n) is 3.49. The number of phenolic OH excluding ortho intramolecular Hbond substituents is 3. The molecule has 2 aromatic carbocycles. The monoisotopic (exact) mass is 475 g/mol. The smallest absolute Gasteiger partial charge is 0.160 e. The summed E-state index contributed by atoms with van der Waals surface area (Å²) in [6.07, 6.45) is 4.71. The molecular formula is C24H29NO5S2. The lowest BCUT2D eigenvalue weighted by Crippen LogP contribution is -2.46. The van der Waals surface area contributed by atoms with Gasteiger partial charge in [-0.15, -0.1) is 0 Å². The molecule has 0 radical (unpaired) electrons. The van der Waals surface area contributed by atoms with Crippen LogP contribution in [0.25, 0.3) is 12.2 Å². The number of phenols is 3. The molecule has 3 rings (SSSR count). The van der Waals surface area contributed by atoms with E-state index < -0.39 is 0 Å². The van der Waals surface area contributed by atoms with Crippen LogP contribution in [0.2, 0.25) is 0 Å². The van der Waals surface area contributed by atoms with Gasteiger partial charge in [-0.2, -0.15) is 0 Å². The van der Waals surface area contributed by atoms with Crippen molar-refractivity contribution in [3.63, 3.8) is 0 Å². The standard InChI is InChI=1S/C24H29NO5S2/c1-16-14-25(15-17(2)30-16)24(31)32-9-3-8-29-23-7-6-18(12-22(23)28)4-5-19-10-20(26)13-21(27)11-19/h4-7,10-13,16-17,26-28H,3,8-9,14-15H2,1-2H3/b5-4+/t16-,17+. The average molecular weight is 476 g/mol. The van der Waals surface area contributed by atoms with E-state index in [2.05, 4.69) is 18.7 Å². The lowest BCUT2D eigenvalue weighted by Gasteiger charge is -2.36. The largest absolute Gasteiger partial charge is 0.508 e. The molecule has 0 amide bonds. The average Bonchev–Trinajstić information content (AvgIpc) is 2.71. The number of nitrogens with zero attached hydrogens (tertiary/aromatic N) is 1. The van der Waals surface area contributed by atoms with E-state index >= 15 is 0 Å². The molecule has 1 saturated heterocycles. The molecule has 3 N–H and O–H groups in total. The molecule has 1 aliphatic heterocycles. The summed E-state index contributed by atoms with van der Waals surface area (Å²) in [5, 5.41) is 29.3. The Balaban J connectivity index is 1.43. The highest BCUT2D eigenvalue weighted by Gasteiger charge is 2.23. The first kappa shape index (κ1) is 24.2. The second kappa shape index (κ2) is 11.4. The van der Waals surface area contributed by atoms with E-state index in [1.807, 2.05) is 6.07 Å². The third-order valence-corrected chi connectivity index (χ3v) is 6.44. The first-order valence-corrected chi connectivity index (χ1v) is 11.9. The Morgan fingerprint density at radius 1 is 1.06 bits per heavy atom. The SMILES string of the molecule is C[C@@H]1CN(C(=S)SCCCOc2ccc(/C=C/c3cc(O)cc(O)c3)cc2O)C[C@H](C)O1. The van der Waals surface area contributed by atoms with E-state index in [4.69, 9.17) is 21.7 Å². The Morgan fingerprint density at radius 2 is 1.72 bits per heavy atom. The number of benzene rings is 2. The number of morpholine rings is 1. The van der Waals surface area contributed by atoms with Gasteiger partial charge in [-0.05, 0) is 55.7 Å². The van der Waals surface area contributed by atoms with Crippen molar-refractivity contribution in [3.8, 4) is 23.0 Å². The lowest BCUT2D eigenvalue weighted by atomic mass is 10.1. The van der Waals surface area contributed by atoms with Gasteiger partial charge in [-0.25, -0.2) is 0 Å². The maximum Gasteiger partial charge on any atom is 0.160 e. The van der Waals surface area contributed by atoms with Crippen molar-refractivity contribution in [2.24, 2.45) is 0 Å². The van der Waals surface area contributed by atoms with Gasteiger partial charge in [0.25, 0.3) is 0 Å². The predicted molar refractivity (Wildman–Crippen MR) is 134 cm³/mol. The maximum atomic E-state index is 10.3. The van der Waals surface area contributed by atoms with Gasteiger partial charge in [0.2, 0.25) is 0 Å². The number of thioether (sulfide) groups is 1. The van der Waals surface area contributed by atoms with Crippen LogP contribution >= 0.6 is 24.0 Å². The van der Waals surface area contributed by atoms with Crippen molar-refractivity contribution in [2.75, 3.05) is 25.4 Å². The summed E-state index contributed by atoms with van der Waals surface area (Å²) >= 11 is 7.20. The third-order valence-electron chi connectivity index (χ3n) is 4.83. The summed E-state index contributed by atoms with van der Waals surface area (Å²) in [5.41, 5.74) is 1.42. The van der Waals surface area contributed by atoms with Gasteiger partial charge >= 0.3 is 0 Å². The lowest BCUT2D eigenvalue weighted by molar-refractivity contribution is -0.0465. The van der Waals surface area contributed by atoms with Crippen molar-refractivity contribution in [1.82, 2.24) is 4.90 Å². The molecule has 0 bridgehead atoms. The molecule has 0 aromatic heterocycles. The van der Waals surface area contributed by atoms with Gasteiger partial charge in [0.1, 0.15) is 15.8 Å². The first-order valence-electron chi connectivity index (χ1n) is 10.5. The van der Waals surface area contributed by atoms with Crippen LogP contribution in [-0.2, 0) is 4.74 Å². The molecule has 0 spiro atoms. The molecule has 1 aliphatic rings. The van der Waals surface area contributed by atoms with E-state index in [0.29, 0.717) is 17.9 Å². The molecule has 172 valence electrons. The highest BCUT2D eigenvalue weighted by Crippen LogP contribution is 2.28. The van der Waals surface area contributed by atoms with E-state index in [-0.39, 0.29) is 29.5 Å². The van der Waals surface area contributed by atoms with Crippen LogP contribution in [0.5, 0.6) is 23.0 Å². The van der Waals surface area contributed by atoms with Crippen LogP contribution in [0, 0.1) is 0 Å². The van der Waals surface area contributed by atoms with Crippen LogP contribution in [0.4, 0.5) is 0 Å². The van der Waals surface area contributed by atoms with Crippen LogP contribution in [0.1, 0.15) is 31.4 Å². The molecule has 6 nitrogen and oxygen atoms in total. The fourth-order valence-corrected chi connectivity index (χ4v) is 4.65. The molecule has 0 aliphatic carbocycles. The van der Waals surface area contributed by atoms with Crippen LogP contribution < -0.4 is 4.74 Å². The van der Waals surface area contributed by atoms with E-state index in [0.717, 1.165) is 35.1 Å². The second-order valence-electron chi connectivity index (χ2n) is 7.82. The number of thiocarbonyl (C=S) groups is 1. The number of aromatic hydroxyl groups is 3. The normalized spacial score (nSPS) is 18.8. The van der Waals surface area contributed by atoms with E-state index in [1.165, 1.54) is 18.2 Å². The summed E-state index contributed by atoms with van der Waals surface area (Å²) in [7, 11) is 0. The second-order valence-corrected chi connectivity index (χ2v) is 9.55. The number of ether oxygens (including phenoxy) is 2. The number of hydrogen-bond donors (Lipinski definition) is 3. The van der Waals surface area contributed by atoms with Crippen molar-refractivity contribution in [3.05, 3.63) is 47.5 Å². The molecule has 2 aromatic rings. The predicted octanol–water partition coefficient (Wildman–Crippen LogP) is 4.87. The highest BCUT2D eigenvalue weighted by atomic mass is 32.2. The number of rotatable bonds is 7. The zero-order valence-electron chi connectivity index (χ0n) is 18.2. The molecule has 2 atom stereocenters. The Hall–Kier alpha value is -2.42. The molecule has 0 saturated carbocycles. The topological polar surface area (TPSA) is 82.4 Å². The first-order chi connectivity index (χ1) is 15.3. The van der Waals surface area contributed by atoms with E-state index in [9.17, 15) is 15.3 Å². The number of hydrogen-bond acceptors (Lipinski definition) is 7. The Kier molecular flexibility index (Phi) is 8.67. The van der Waals surface area contributed by atoms with Gasteiger partial charge in [-0.1, -0.05) is 42.2 Å². The van der Waals surface area contributed by atoms with Gasteiger partial charge in [0, 0.05) is 24.9 Å². The fraction of sp³-hybridized carbons (Fsp3) is 0.375. The van der Waals surface area contributed by atoms with Crippen molar-refractivity contribution in [2.45, 2.75) is 32.5 Å². The summed E-state index contributed by atoms with van der Waals surface area (Å²) in [5.74, 6) is 1.32. The minimum absolute atomic E-state index is 0.00997. The third kappa shape index (κ3) is 7.32. The van der Waals surface area contributed by atoms with Gasteiger partial charge in [0.05, 0.1) is 18.8 Å². The summed E-state index contributed by atoms with van der Waals surface area (Å²) < 4.78 is 12.4. The van der Waals surface area contributed by atoms with Crippen molar-refractivity contribution < 1.29 is 24.8 Å². The van der Waals surface area contributed by atoms with Crippen molar-refractivity contribution in [1.29, 1.82) is 0 Å². The Bertz CT molecular complexity index is 935. The quantitative estimate of drug-likeness (QED) is 0.297. The zero-order chi connectivity index (χ0) is 23.1. The summed E-state index contributed by atoms with van der Waals surface area (Å²) in [6, 6.07) is 9.51. The minimum atomic E-state index is -0.00997. The van der Waals surface area contributed by atoms with Gasteiger partial charge < -0.3 is 29.7 Å². The summed E-state index contributed by atoms with van der Waals surface area (Å²) in [4.78, 5) is 2.20. The van der Waals surface area contributed by atoms with Crippen molar-refractivity contribution >= 4 is 40.5 Å². The molecule has 1 heterocycles.